The standard InChI is InChI=1S/C21H18Cl2N2O2S/c1-2-27-15-6-4-14(5-7-15)16-10-20(26)25-21(17(16)11-24)28-12-13-3-8-18(22)19(23)9-13/h3-9,16H,2,10,12H2,1H3,(H,25,26)/t16-/m0/s1. The van der Waals surface area contributed by atoms with Crippen LogP contribution in [0.25, 0.3) is 0 Å². The molecule has 1 heterocycles. The average molecular weight is 433 g/mol. The van der Waals surface area contributed by atoms with Crippen LogP contribution >= 0.6 is 35.0 Å². The van der Waals surface area contributed by atoms with E-state index >= 15 is 0 Å². The van der Waals surface area contributed by atoms with Gasteiger partial charge < -0.3 is 10.1 Å². The van der Waals surface area contributed by atoms with Crippen molar-refractivity contribution in [2.24, 2.45) is 0 Å². The van der Waals surface area contributed by atoms with Crippen LogP contribution in [0.3, 0.4) is 0 Å². The van der Waals surface area contributed by atoms with E-state index in [0.29, 0.717) is 33.0 Å². The molecule has 0 saturated carbocycles. The minimum atomic E-state index is -0.272. The van der Waals surface area contributed by atoms with Gasteiger partial charge in [-0.1, -0.05) is 41.4 Å². The highest BCUT2D eigenvalue weighted by Gasteiger charge is 2.29. The van der Waals surface area contributed by atoms with Crippen molar-refractivity contribution in [3.63, 3.8) is 0 Å². The van der Waals surface area contributed by atoms with Gasteiger partial charge in [0.25, 0.3) is 0 Å². The minimum absolute atomic E-state index is 0.102. The lowest BCUT2D eigenvalue weighted by atomic mass is 9.87. The number of thioether (sulfide) groups is 1. The van der Waals surface area contributed by atoms with Gasteiger partial charge in [-0.3, -0.25) is 4.79 Å². The first-order valence-corrected chi connectivity index (χ1v) is 10.5. The van der Waals surface area contributed by atoms with E-state index in [1.165, 1.54) is 11.8 Å². The van der Waals surface area contributed by atoms with Crippen LogP contribution in [0.15, 0.2) is 53.1 Å². The Morgan fingerprint density at radius 3 is 2.61 bits per heavy atom. The van der Waals surface area contributed by atoms with Gasteiger partial charge in [0.05, 0.1) is 33.3 Å². The Morgan fingerprint density at radius 2 is 1.96 bits per heavy atom. The molecule has 0 radical (unpaired) electrons. The lowest BCUT2D eigenvalue weighted by Gasteiger charge is -2.25. The van der Waals surface area contributed by atoms with Gasteiger partial charge in [-0.2, -0.15) is 5.26 Å². The Labute approximate surface area is 178 Å². The van der Waals surface area contributed by atoms with Crippen LogP contribution in [0.5, 0.6) is 5.75 Å². The van der Waals surface area contributed by atoms with Crippen molar-refractivity contribution < 1.29 is 9.53 Å². The molecule has 144 valence electrons. The maximum atomic E-state index is 12.3. The van der Waals surface area contributed by atoms with E-state index < -0.39 is 0 Å². The summed E-state index contributed by atoms with van der Waals surface area (Å²) in [5.41, 5.74) is 2.44. The Kier molecular flexibility index (Phi) is 6.90. The first-order valence-electron chi connectivity index (χ1n) is 8.75. The topological polar surface area (TPSA) is 62.1 Å². The lowest BCUT2D eigenvalue weighted by Crippen LogP contribution is -2.30. The van der Waals surface area contributed by atoms with E-state index in [0.717, 1.165) is 16.9 Å². The highest BCUT2D eigenvalue weighted by atomic mass is 35.5. The maximum absolute atomic E-state index is 12.3. The predicted molar refractivity (Wildman–Crippen MR) is 114 cm³/mol. The van der Waals surface area contributed by atoms with Crippen molar-refractivity contribution in [1.29, 1.82) is 5.26 Å². The quantitative estimate of drug-likeness (QED) is 0.638. The summed E-state index contributed by atoms with van der Waals surface area (Å²) >= 11 is 13.4. The number of ether oxygens (including phenoxy) is 1. The smallest absolute Gasteiger partial charge is 0.225 e. The molecular formula is C21H18Cl2N2O2S. The van der Waals surface area contributed by atoms with Gasteiger partial charge in [-0.25, -0.2) is 0 Å². The Bertz CT molecular complexity index is 952. The van der Waals surface area contributed by atoms with Crippen molar-refractivity contribution in [2.45, 2.75) is 25.0 Å². The molecule has 1 aliphatic heterocycles. The normalized spacial score (nSPS) is 16.5. The third-order valence-electron chi connectivity index (χ3n) is 4.32. The molecule has 2 aromatic carbocycles. The highest BCUT2D eigenvalue weighted by Crippen LogP contribution is 2.37. The van der Waals surface area contributed by atoms with E-state index in [1.54, 1.807) is 12.1 Å². The molecule has 3 rings (SSSR count). The van der Waals surface area contributed by atoms with Crippen LogP contribution in [-0.2, 0) is 10.5 Å². The summed E-state index contributed by atoms with van der Waals surface area (Å²) in [7, 11) is 0. The van der Waals surface area contributed by atoms with Gasteiger partial charge in [0.2, 0.25) is 5.91 Å². The highest BCUT2D eigenvalue weighted by molar-refractivity contribution is 8.02. The maximum Gasteiger partial charge on any atom is 0.225 e. The van der Waals surface area contributed by atoms with Crippen molar-refractivity contribution in [2.75, 3.05) is 6.61 Å². The zero-order chi connectivity index (χ0) is 20.1. The zero-order valence-corrected chi connectivity index (χ0v) is 17.5. The number of nitriles is 1. The second kappa shape index (κ2) is 9.38. The number of hydrogen-bond acceptors (Lipinski definition) is 4. The third-order valence-corrected chi connectivity index (χ3v) is 6.14. The van der Waals surface area contributed by atoms with Crippen LogP contribution in [-0.4, -0.2) is 12.5 Å². The van der Waals surface area contributed by atoms with Crippen molar-refractivity contribution >= 4 is 40.9 Å². The number of amides is 1. The van der Waals surface area contributed by atoms with Gasteiger partial charge in [0, 0.05) is 18.1 Å². The predicted octanol–water partition coefficient (Wildman–Crippen LogP) is 5.66. The monoisotopic (exact) mass is 432 g/mol. The number of benzene rings is 2. The van der Waals surface area contributed by atoms with Crippen molar-refractivity contribution in [1.82, 2.24) is 5.32 Å². The third kappa shape index (κ3) is 4.82. The molecule has 1 aliphatic rings. The number of carbonyl (C=O) groups excluding carboxylic acids is 1. The van der Waals surface area contributed by atoms with E-state index in [9.17, 15) is 10.1 Å². The average Bonchev–Trinajstić information content (AvgIpc) is 2.69. The molecule has 0 aromatic heterocycles. The SMILES string of the molecule is CCOc1ccc([C@@H]2CC(=O)NC(SCc3ccc(Cl)c(Cl)c3)=C2C#N)cc1. The number of rotatable bonds is 6. The Hall–Kier alpha value is -2.13. The molecule has 1 amide bonds. The summed E-state index contributed by atoms with van der Waals surface area (Å²) in [6, 6.07) is 15.2. The van der Waals surface area contributed by atoms with Gasteiger partial charge in [-0.15, -0.1) is 11.8 Å². The number of halogens is 2. The van der Waals surface area contributed by atoms with Gasteiger partial charge in [0.15, 0.2) is 0 Å². The zero-order valence-electron chi connectivity index (χ0n) is 15.2. The fourth-order valence-corrected chi connectivity index (χ4v) is 4.31. The first-order chi connectivity index (χ1) is 13.5. The molecular weight excluding hydrogens is 415 g/mol. The Balaban J connectivity index is 1.84. The summed E-state index contributed by atoms with van der Waals surface area (Å²) in [5, 5.41) is 14.2. The van der Waals surface area contributed by atoms with Crippen LogP contribution < -0.4 is 10.1 Å². The van der Waals surface area contributed by atoms with E-state index in [4.69, 9.17) is 27.9 Å². The van der Waals surface area contributed by atoms with Crippen LogP contribution in [0.4, 0.5) is 0 Å². The fraction of sp³-hybridized carbons (Fsp3) is 0.238. The fourth-order valence-electron chi connectivity index (χ4n) is 2.97. The molecule has 0 saturated heterocycles. The molecule has 0 fully saturated rings. The van der Waals surface area contributed by atoms with Gasteiger partial charge in [-0.05, 0) is 42.3 Å². The number of nitrogens with one attached hydrogen (secondary N) is 1. The number of allylic oxidation sites excluding steroid dienone is 1. The molecule has 0 spiro atoms. The van der Waals surface area contributed by atoms with Crippen LogP contribution in [0.1, 0.15) is 30.4 Å². The molecule has 1 N–H and O–H groups in total. The number of carbonyl (C=O) groups is 1. The molecule has 7 heteroatoms. The van der Waals surface area contributed by atoms with E-state index in [1.807, 2.05) is 37.3 Å². The van der Waals surface area contributed by atoms with Crippen molar-refractivity contribution in [3.05, 3.63) is 74.2 Å². The van der Waals surface area contributed by atoms with Gasteiger partial charge >= 0.3 is 0 Å². The summed E-state index contributed by atoms with van der Waals surface area (Å²) in [6.45, 7) is 2.51. The lowest BCUT2D eigenvalue weighted by molar-refractivity contribution is -0.120. The molecule has 0 unspecified atom stereocenters. The second-order valence-corrected chi connectivity index (χ2v) is 8.00. The molecule has 4 nitrogen and oxygen atoms in total. The molecule has 0 bridgehead atoms. The first kappa shape index (κ1) is 20.6. The second-order valence-electron chi connectivity index (χ2n) is 6.20. The van der Waals surface area contributed by atoms with E-state index in [-0.39, 0.29) is 18.2 Å². The van der Waals surface area contributed by atoms with E-state index in [2.05, 4.69) is 11.4 Å². The molecule has 2 aromatic rings. The summed E-state index contributed by atoms with van der Waals surface area (Å²) in [6.07, 6.45) is 0.244. The molecule has 28 heavy (non-hydrogen) atoms. The molecule has 0 aliphatic carbocycles. The summed E-state index contributed by atoms with van der Waals surface area (Å²) in [5.74, 6) is 0.955. The largest absolute Gasteiger partial charge is 0.494 e. The number of nitrogens with zero attached hydrogens (tertiary/aromatic N) is 1. The van der Waals surface area contributed by atoms with Crippen LogP contribution in [0.2, 0.25) is 10.0 Å². The summed E-state index contributed by atoms with van der Waals surface area (Å²) < 4.78 is 5.47. The van der Waals surface area contributed by atoms with Gasteiger partial charge in [0.1, 0.15) is 5.75 Å². The molecule has 1 atom stereocenters. The van der Waals surface area contributed by atoms with Crippen molar-refractivity contribution in [3.8, 4) is 11.8 Å². The minimum Gasteiger partial charge on any atom is -0.494 e. The Morgan fingerprint density at radius 1 is 1.21 bits per heavy atom. The summed E-state index contributed by atoms with van der Waals surface area (Å²) in [4.78, 5) is 12.3. The number of hydrogen-bond donors (Lipinski definition) is 1. The van der Waals surface area contributed by atoms with Crippen LogP contribution in [0, 0.1) is 11.3 Å².